The van der Waals surface area contributed by atoms with Gasteiger partial charge in [0, 0.05) is 0 Å². The minimum atomic E-state index is 1.21. The molecule has 0 bridgehead atoms. The summed E-state index contributed by atoms with van der Waals surface area (Å²) in [5.41, 5.74) is 1.30. The van der Waals surface area contributed by atoms with Crippen LogP contribution >= 0.6 is 0 Å². The maximum atomic E-state index is 4.12. The molecule has 1 aromatic rings. The maximum absolute atomic E-state index is 4.12. The number of nitrogens with zero attached hydrogens (tertiary/aromatic N) is 1. The molecule has 2 heteroatoms. The van der Waals surface area contributed by atoms with E-state index in [1.165, 1.54) is 31.8 Å². The molecule has 0 aliphatic rings. The van der Waals surface area contributed by atoms with E-state index < -0.39 is 0 Å². The summed E-state index contributed by atoms with van der Waals surface area (Å²) in [7, 11) is 0. The molecule has 3 radical (unpaired) electrons. The molecule has 0 amide bonds. The second kappa shape index (κ2) is 2.48. The number of hydrogen-bond donors (Lipinski definition) is 0. The molecule has 0 saturated heterocycles. The quantitative estimate of drug-likeness (QED) is 0.558. The zero-order valence-corrected chi connectivity index (χ0v) is 7.53. The fraction of sp³-hybridized carbons (Fsp3) is 0.167. The van der Waals surface area contributed by atoms with E-state index >= 15 is 0 Å². The van der Waals surface area contributed by atoms with Gasteiger partial charge in [0.2, 0.25) is 0 Å². The van der Waals surface area contributed by atoms with Crippen molar-refractivity contribution in [2.24, 2.45) is 0 Å². The van der Waals surface area contributed by atoms with Gasteiger partial charge in [-0.15, -0.1) is 0 Å². The van der Waals surface area contributed by atoms with Crippen molar-refractivity contribution in [1.82, 2.24) is 4.98 Å². The van der Waals surface area contributed by atoms with Gasteiger partial charge in [-0.05, 0) is 0 Å². The first-order valence-electron chi connectivity index (χ1n) is 2.44. The van der Waals surface area contributed by atoms with Crippen LogP contribution in [-0.4, -0.2) is 27.5 Å². The normalized spacial score (nSPS) is 9.25. The van der Waals surface area contributed by atoms with Crippen molar-refractivity contribution in [2.75, 3.05) is 0 Å². The summed E-state index contributed by atoms with van der Waals surface area (Å²) in [6, 6.07) is 4.04. The zero-order chi connectivity index (χ0) is 5.98. The van der Waals surface area contributed by atoms with E-state index in [1.54, 1.807) is 0 Å². The first-order chi connectivity index (χ1) is 3.80. The third kappa shape index (κ3) is 1.22. The molecule has 0 atom stereocenters. The summed E-state index contributed by atoms with van der Waals surface area (Å²) in [5, 5.41) is 0. The molecule has 0 aliphatic carbocycles. The predicted octanol–water partition coefficient (Wildman–Crippen LogP) is 0.184. The fourth-order valence-electron chi connectivity index (χ4n) is 0.486. The molecule has 8 heavy (non-hydrogen) atoms. The fourth-order valence-corrected chi connectivity index (χ4v) is 0.936. The summed E-state index contributed by atoms with van der Waals surface area (Å²) in [6.07, 6.45) is 1.83. The Morgan fingerprint density at radius 1 is 1.62 bits per heavy atom. The molecule has 0 fully saturated rings. The summed E-state index contributed by atoms with van der Waals surface area (Å²) in [4.78, 5) is 4.12. The Bertz CT molecular complexity index is 165. The van der Waals surface area contributed by atoms with Gasteiger partial charge in [-0.3, -0.25) is 0 Å². The van der Waals surface area contributed by atoms with Gasteiger partial charge in [-0.1, -0.05) is 0 Å². The molecule has 0 spiro atoms. The van der Waals surface area contributed by atoms with E-state index in [0.29, 0.717) is 0 Å². The molecule has 0 unspecified atom stereocenters. The van der Waals surface area contributed by atoms with Gasteiger partial charge in [0.25, 0.3) is 0 Å². The standard InChI is InChI=1S/C6H6N.Sn/c1-6-3-2-4-7-5-6;/h2-4H,1H3;. The Labute approximate surface area is 62.2 Å². The summed E-state index contributed by atoms with van der Waals surface area (Å²) in [6.45, 7) is 2.08. The van der Waals surface area contributed by atoms with E-state index in [2.05, 4.69) is 18.0 Å². The summed E-state index contributed by atoms with van der Waals surface area (Å²) < 4.78 is 1.21. The Balaban J connectivity index is 3.13. The predicted molar refractivity (Wildman–Crippen MR) is 34.4 cm³/mol. The van der Waals surface area contributed by atoms with Crippen LogP contribution in [0.4, 0.5) is 0 Å². The SMILES string of the molecule is Cc1cccn[c]1[Sn]. The summed E-state index contributed by atoms with van der Waals surface area (Å²) in [5.74, 6) is 0. The third-order valence-corrected chi connectivity index (χ3v) is 2.50. The first-order valence-corrected chi connectivity index (χ1v) is 3.86. The van der Waals surface area contributed by atoms with E-state index in [4.69, 9.17) is 0 Å². The summed E-state index contributed by atoms with van der Waals surface area (Å²) >= 11 is 1.40. The van der Waals surface area contributed by atoms with E-state index in [9.17, 15) is 0 Å². The van der Waals surface area contributed by atoms with Gasteiger partial charge in [0.1, 0.15) is 0 Å². The molecule has 0 aromatic carbocycles. The van der Waals surface area contributed by atoms with Crippen molar-refractivity contribution in [3.05, 3.63) is 23.9 Å². The van der Waals surface area contributed by atoms with Crippen LogP contribution < -0.4 is 3.71 Å². The van der Waals surface area contributed by atoms with Crippen LogP contribution in [0.5, 0.6) is 0 Å². The molecule has 1 nitrogen and oxygen atoms in total. The van der Waals surface area contributed by atoms with Crippen molar-refractivity contribution < 1.29 is 0 Å². The van der Waals surface area contributed by atoms with E-state index in [0.717, 1.165) is 0 Å². The second-order valence-electron chi connectivity index (χ2n) is 1.67. The van der Waals surface area contributed by atoms with E-state index in [-0.39, 0.29) is 0 Å². The van der Waals surface area contributed by atoms with Crippen molar-refractivity contribution >= 4 is 26.2 Å². The first kappa shape index (κ1) is 6.07. The monoisotopic (exact) mass is 212 g/mol. The second-order valence-corrected chi connectivity index (χ2v) is 3.02. The number of rotatable bonds is 0. The van der Waals surface area contributed by atoms with Crippen LogP contribution in [0.25, 0.3) is 0 Å². The minimum absolute atomic E-state index is 1.21. The van der Waals surface area contributed by atoms with Gasteiger partial charge >= 0.3 is 62.0 Å². The topological polar surface area (TPSA) is 12.9 Å². The number of hydrogen-bond acceptors (Lipinski definition) is 1. The number of aromatic nitrogens is 1. The molecule has 39 valence electrons. The van der Waals surface area contributed by atoms with Crippen LogP contribution in [0.15, 0.2) is 18.3 Å². The van der Waals surface area contributed by atoms with Gasteiger partial charge in [-0.25, -0.2) is 0 Å². The Morgan fingerprint density at radius 3 is 2.75 bits per heavy atom. The van der Waals surface area contributed by atoms with Crippen LogP contribution in [-0.2, 0) is 0 Å². The Morgan fingerprint density at radius 2 is 2.38 bits per heavy atom. The van der Waals surface area contributed by atoms with Crippen LogP contribution in [0, 0.1) is 6.92 Å². The number of pyridine rings is 1. The third-order valence-electron chi connectivity index (χ3n) is 1.01. The molecule has 0 N–H and O–H groups in total. The van der Waals surface area contributed by atoms with Crippen molar-refractivity contribution in [3.63, 3.8) is 0 Å². The van der Waals surface area contributed by atoms with Crippen molar-refractivity contribution in [3.8, 4) is 0 Å². The molecule has 0 aliphatic heterocycles. The van der Waals surface area contributed by atoms with E-state index in [1.807, 2.05) is 12.3 Å². The molecule has 0 saturated carbocycles. The average Bonchev–Trinajstić information content (AvgIpc) is 1.77. The molecular weight excluding hydrogens is 205 g/mol. The zero-order valence-electron chi connectivity index (χ0n) is 4.68. The molecule has 1 rings (SSSR count). The van der Waals surface area contributed by atoms with Crippen molar-refractivity contribution in [1.29, 1.82) is 0 Å². The average molecular weight is 211 g/mol. The van der Waals surface area contributed by atoms with Gasteiger partial charge in [-0.2, -0.15) is 0 Å². The van der Waals surface area contributed by atoms with Gasteiger partial charge < -0.3 is 0 Å². The molecular formula is C6H6NSn. The van der Waals surface area contributed by atoms with Crippen molar-refractivity contribution in [2.45, 2.75) is 6.92 Å². The van der Waals surface area contributed by atoms with Crippen LogP contribution in [0.2, 0.25) is 0 Å². The molecule has 1 heterocycles. The van der Waals surface area contributed by atoms with Crippen LogP contribution in [0.3, 0.4) is 0 Å². The Kier molecular flexibility index (Phi) is 1.89. The van der Waals surface area contributed by atoms with Crippen LogP contribution in [0.1, 0.15) is 5.56 Å². The number of aryl methyl sites for hydroxylation is 1. The molecule has 1 aromatic heterocycles. The van der Waals surface area contributed by atoms with Gasteiger partial charge in [0.15, 0.2) is 0 Å². The van der Waals surface area contributed by atoms with Gasteiger partial charge in [0.05, 0.1) is 0 Å². The Hall–Kier alpha value is -0.0513.